The second-order valence-corrected chi connectivity index (χ2v) is 6.43. The van der Waals surface area contributed by atoms with Gasteiger partial charge in [0, 0.05) is 28.2 Å². The number of benzene rings is 1. The van der Waals surface area contributed by atoms with Crippen molar-refractivity contribution in [1.82, 2.24) is 0 Å². The van der Waals surface area contributed by atoms with Gasteiger partial charge in [-0.2, -0.15) is 0 Å². The van der Waals surface area contributed by atoms with Crippen molar-refractivity contribution in [2.45, 2.75) is 26.2 Å². The van der Waals surface area contributed by atoms with Gasteiger partial charge in [-0.25, -0.2) is 0 Å². The van der Waals surface area contributed by atoms with E-state index in [1.54, 1.807) is 0 Å². The SMILES string of the molecule is CN(C)c1ccc([Si])c(C(C)(C)C)c1N(C)C. The van der Waals surface area contributed by atoms with Gasteiger partial charge in [-0.1, -0.05) is 32.0 Å². The third-order valence-corrected chi connectivity index (χ3v) is 3.25. The van der Waals surface area contributed by atoms with E-state index in [-0.39, 0.29) is 5.41 Å². The molecule has 0 bridgehead atoms. The molecule has 0 fully saturated rings. The molecule has 1 rings (SSSR count). The maximum Gasteiger partial charge on any atom is 0.0717 e. The molecule has 17 heavy (non-hydrogen) atoms. The Morgan fingerprint density at radius 2 is 1.47 bits per heavy atom. The zero-order valence-corrected chi connectivity index (χ0v) is 13.0. The fourth-order valence-electron chi connectivity index (χ4n) is 2.15. The van der Waals surface area contributed by atoms with Crippen LogP contribution in [0.25, 0.3) is 0 Å². The lowest BCUT2D eigenvalue weighted by molar-refractivity contribution is 0.593. The monoisotopic (exact) mass is 247 g/mol. The van der Waals surface area contributed by atoms with Crippen LogP contribution in [0.5, 0.6) is 0 Å². The fourth-order valence-corrected chi connectivity index (χ4v) is 2.73. The van der Waals surface area contributed by atoms with Crippen molar-refractivity contribution >= 4 is 26.8 Å². The predicted molar refractivity (Wildman–Crippen MR) is 79.2 cm³/mol. The van der Waals surface area contributed by atoms with Crippen LogP contribution >= 0.6 is 0 Å². The summed E-state index contributed by atoms with van der Waals surface area (Å²) in [7, 11) is 12.1. The van der Waals surface area contributed by atoms with E-state index in [1.165, 1.54) is 22.1 Å². The normalized spacial score (nSPS) is 11.5. The zero-order chi connectivity index (χ0) is 13.4. The minimum absolute atomic E-state index is 0.114. The lowest BCUT2D eigenvalue weighted by Crippen LogP contribution is -2.29. The van der Waals surface area contributed by atoms with E-state index in [2.05, 4.69) is 81.1 Å². The Morgan fingerprint density at radius 3 is 1.82 bits per heavy atom. The van der Waals surface area contributed by atoms with Crippen LogP contribution in [0.1, 0.15) is 26.3 Å². The minimum atomic E-state index is 0.114. The Kier molecular flexibility index (Phi) is 3.92. The molecular formula is C14H23N2Si. The molecule has 0 aliphatic heterocycles. The van der Waals surface area contributed by atoms with Crippen molar-refractivity contribution in [3.05, 3.63) is 17.7 Å². The Balaban J connectivity index is 3.61. The standard InChI is InChI=1S/C14H23N2Si/c1-14(2,3)12-11(17)9-8-10(15(4)5)13(12)16(6)7/h8-9H,1-7H3. The molecule has 1 aromatic rings. The van der Waals surface area contributed by atoms with Gasteiger partial charge < -0.3 is 9.80 Å². The maximum atomic E-state index is 3.74. The topological polar surface area (TPSA) is 6.48 Å². The van der Waals surface area contributed by atoms with E-state index in [4.69, 9.17) is 0 Å². The third-order valence-electron chi connectivity index (χ3n) is 2.84. The smallest absolute Gasteiger partial charge is 0.0717 e. The highest BCUT2D eigenvalue weighted by Crippen LogP contribution is 2.36. The van der Waals surface area contributed by atoms with Crippen molar-refractivity contribution in [3.8, 4) is 0 Å². The molecule has 0 saturated carbocycles. The van der Waals surface area contributed by atoms with Crippen molar-refractivity contribution in [1.29, 1.82) is 0 Å². The summed E-state index contributed by atoms with van der Waals surface area (Å²) >= 11 is 0. The summed E-state index contributed by atoms with van der Waals surface area (Å²) in [5.41, 5.74) is 4.00. The van der Waals surface area contributed by atoms with E-state index in [1.807, 2.05) is 0 Å². The Morgan fingerprint density at radius 1 is 0.941 bits per heavy atom. The summed E-state index contributed by atoms with van der Waals surface area (Å²) in [5.74, 6) is 0. The molecule has 0 aromatic heterocycles. The first kappa shape index (κ1) is 14.1. The molecule has 0 aliphatic rings. The number of hydrogen-bond donors (Lipinski definition) is 0. The Labute approximate surface area is 109 Å². The quantitative estimate of drug-likeness (QED) is 0.737. The second-order valence-electron chi connectivity index (χ2n) is 5.89. The van der Waals surface area contributed by atoms with Crippen LogP contribution in [-0.4, -0.2) is 38.4 Å². The van der Waals surface area contributed by atoms with E-state index in [0.717, 1.165) is 0 Å². The highest BCUT2D eigenvalue weighted by atomic mass is 28.1. The van der Waals surface area contributed by atoms with Crippen LogP contribution in [0.3, 0.4) is 0 Å². The summed E-state index contributed by atoms with van der Waals surface area (Å²) in [4.78, 5) is 4.36. The van der Waals surface area contributed by atoms with Gasteiger partial charge in [0.15, 0.2) is 0 Å². The molecule has 0 heterocycles. The lowest BCUT2D eigenvalue weighted by Gasteiger charge is -2.32. The van der Waals surface area contributed by atoms with E-state index >= 15 is 0 Å². The zero-order valence-electron chi connectivity index (χ0n) is 12.0. The molecular weight excluding hydrogens is 224 g/mol. The molecule has 0 N–H and O–H groups in total. The van der Waals surface area contributed by atoms with Crippen molar-refractivity contribution in [2.75, 3.05) is 38.0 Å². The molecule has 3 heteroatoms. The molecule has 3 radical (unpaired) electrons. The number of hydrogen-bond acceptors (Lipinski definition) is 2. The van der Waals surface area contributed by atoms with E-state index in [0.29, 0.717) is 0 Å². The number of rotatable bonds is 2. The first-order valence-electron chi connectivity index (χ1n) is 5.90. The van der Waals surface area contributed by atoms with Gasteiger partial charge >= 0.3 is 0 Å². The molecule has 0 amide bonds. The van der Waals surface area contributed by atoms with Crippen molar-refractivity contribution < 1.29 is 0 Å². The van der Waals surface area contributed by atoms with Gasteiger partial charge in [0.25, 0.3) is 0 Å². The first-order chi connectivity index (χ1) is 7.66. The maximum absolute atomic E-state index is 3.74. The second kappa shape index (κ2) is 4.73. The summed E-state index contributed by atoms with van der Waals surface area (Å²) in [5, 5.41) is 1.17. The van der Waals surface area contributed by atoms with Gasteiger partial charge in [0.1, 0.15) is 0 Å². The van der Waals surface area contributed by atoms with Gasteiger partial charge in [-0.3, -0.25) is 0 Å². The van der Waals surface area contributed by atoms with E-state index in [9.17, 15) is 0 Å². The van der Waals surface area contributed by atoms with Crippen LogP contribution in [0.2, 0.25) is 0 Å². The minimum Gasteiger partial charge on any atom is -0.376 e. The fraction of sp³-hybridized carbons (Fsp3) is 0.571. The van der Waals surface area contributed by atoms with Gasteiger partial charge in [0.2, 0.25) is 0 Å². The molecule has 0 unspecified atom stereocenters. The Hall–Kier alpha value is -0.963. The predicted octanol–water partition coefficient (Wildman–Crippen LogP) is 1.91. The van der Waals surface area contributed by atoms with Gasteiger partial charge in [0.05, 0.1) is 21.6 Å². The highest BCUT2D eigenvalue weighted by Gasteiger charge is 2.24. The van der Waals surface area contributed by atoms with Crippen LogP contribution in [0.15, 0.2) is 12.1 Å². The third kappa shape index (κ3) is 2.83. The number of anilines is 2. The number of nitrogens with zero attached hydrogens (tertiary/aromatic N) is 2. The van der Waals surface area contributed by atoms with Crippen LogP contribution in [0, 0.1) is 0 Å². The molecule has 0 spiro atoms. The molecule has 0 saturated heterocycles. The summed E-state index contributed by atoms with van der Waals surface area (Å²) < 4.78 is 0. The summed E-state index contributed by atoms with van der Waals surface area (Å²) in [6.07, 6.45) is 0. The average molecular weight is 247 g/mol. The summed E-state index contributed by atoms with van der Waals surface area (Å²) in [6.45, 7) is 6.75. The molecule has 2 nitrogen and oxygen atoms in total. The van der Waals surface area contributed by atoms with Crippen molar-refractivity contribution in [3.63, 3.8) is 0 Å². The highest BCUT2D eigenvalue weighted by molar-refractivity contribution is 6.34. The van der Waals surface area contributed by atoms with Crippen molar-refractivity contribution in [2.24, 2.45) is 0 Å². The lowest BCUT2D eigenvalue weighted by atomic mass is 9.84. The molecule has 1 aromatic carbocycles. The Bertz CT molecular complexity index is 403. The largest absolute Gasteiger partial charge is 0.376 e. The average Bonchev–Trinajstić information content (AvgIpc) is 2.14. The van der Waals surface area contributed by atoms with Crippen LogP contribution < -0.4 is 15.0 Å². The molecule has 0 aliphatic carbocycles. The van der Waals surface area contributed by atoms with E-state index < -0.39 is 0 Å². The van der Waals surface area contributed by atoms with Gasteiger partial charge in [-0.15, -0.1) is 0 Å². The summed E-state index contributed by atoms with van der Waals surface area (Å²) in [6, 6.07) is 4.30. The van der Waals surface area contributed by atoms with Gasteiger partial charge in [-0.05, 0) is 17.0 Å². The first-order valence-corrected chi connectivity index (χ1v) is 6.40. The molecule has 93 valence electrons. The van der Waals surface area contributed by atoms with Crippen LogP contribution in [0.4, 0.5) is 11.4 Å². The van der Waals surface area contributed by atoms with Crippen LogP contribution in [-0.2, 0) is 5.41 Å². The molecule has 0 atom stereocenters.